The van der Waals surface area contributed by atoms with Gasteiger partial charge in [-0.3, -0.25) is 10.1 Å². The van der Waals surface area contributed by atoms with E-state index >= 15 is 0 Å². The number of aromatic nitrogens is 3. The van der Waals surface area contributed by atoms with Gasteiger partial charge in [-0.1, -0.05) is 18.2 Å². The van der Waals surface area contributed by atoms with Crippen LogP contribution in [0.3, 0.4) is 0 Å². The highest BCUT2D eigenvalue weighted by atomic mass is 15.1. The molecule has 0 bridgehead atoms. The normalized spacial score (nSPS) is 10.8. The number of nitrogens with two attached hydrogens (primary N) is 1. The fourth-order valence-corrected chi connectivity index (χ4v) is 1.76. The third-order valence-electron chi connectivity index (χ3n) is 2.59. The highest BCUT2D eigenvalue weighted by molar-refractivity contribution is 5.85. The number of nitrogens with one attached hydrogen (secondary N) is 1. The minimum atomic E-state index is 0.579. The molecule has 2 heterocycles. The van der Waals surface area contributed by atoms with Crippen LogP contribution in [0.5, 0.6) is 0 Å². The Labute approximate surface area is 92.1 Å². The Morgan fingerprint density at radius 2 is 2.12 bits per heavy atom. The molecule has 4 heteroatoms. The van der Waals surface area contributed by atoms with Gasteiger partial charge < -0.3 is 5.73 Å². The number of pyridine rings is 1. The number of nitrogens with zero attached hydrogens (tertiary/aromatic N) is 2. The molecule has 78 valence electrons. The van der Waals surface area contributed by atoms with Crippen LogP contribution in [-0.2, 0) is 0 Å². The number of benzene rings is 1. The van der Waals surface area contributed by atoms with Crippen LogP contribution in [0.25, 0.3) is 22.0 Å². The number of H-pyrrole nitrogens is 1. The predicted octanol–water partition coefficient (Wildman–Crippen LogP) is 2.21. The van der Waals surface area contributed by atoms with Crippen LogP contribution < -0.4 is 5.73 Å². The van der Waals surface area contributed by atoms with Crippen LogP contribution in [-0.4, -0.2) is 15.2 Å². The summed E-state index contributed by atoms with van der Waals surface area (Å²) in [6.45, 7) is 0. The molecule has 0 saturated carbocycles. The van der Waals surface area contributed by atoms with E-state index in [1.807, 2.05) is 30.3 Å². The molecular formula is C12H10N4. The van der Waals surface area contributed by atoms with Crippen LogP contribution in [0.2, 0.25) is 0 Å². The molecule has 0 saturated heterocycles. The molecule has 0 amide bonds. The topological polar surface area (TPSA) is 67.6 Å². The van der Waals surface area contributed by atoms with E-state index in [2.05, 4.69) is 15.2 Å². The summed E-state index contributed by atoms with van der Waals surface area (Å²) < 4.78 is 0. The van der Waals surface area contributed by atoms with Crippen molar-refractivity contribution < 1.29 is 0 Å². The summed E-state index contributed by atoms with van der Waals surface area (Å²) in [5, 5.41) is 7.75. The predicted molar refractivity (Wildman–Crippen MR) is 63.7 cm³/mol. The first-order chi connectivity index (χ1) is 7.84. The number of aromatic amines is 1. The zero-order valence-corrected chi connectivity index (χ0v) is 8.51. The van der Waals surface area contributed by atoms with Crippen molar-refractivity contribution in [2.45, 2.75) is 0 Å². The molecule has 3 rings (SSSR count). The van der Waals surface area contributed by atoms with Crippen LogP contribution in [0.15, 0.2) is 42.7 Å². The monoisotopic (exact) mass is 210 g/mol. The van der Waals surface area contributed by atoms with Gasteiger partial charge in [0.25, 0.3) is 0 Å². The van der Waals surface area contributed by atoms with Crippen molar-refractivity contribution in [3.63, 3.8) is 0 Å². The minimum absolute atomic E-state index is 0.579. The average Bonchev–Trinajstić information content (AvgIpc) is 2.75. The number of fused-ring (bicyclic) bond motifs is 1. The first kappa shape index (κ1) is 8.91. The van der Waals surface area contributed by atoms with E-state index in [0.29, 0.717) is 5.82 Å². The first-order valence-electron chi connectivity index (χ1n) is 4.98. The number of rotatable bonds is 1. The van der Waals surface area contributed by atoms with E-state index in [1.165, 1.54) is 0 Å². The molecular weight excluding hydrogens is 200 g/mol. The van der Waals surface area contributed by atoms with Crippen molar-refractivity contribution in [1.29, 1.82) is 0 Å². The molecule has 0 radical (unpaired) electrons. The highest BCUT2D eigenvalue weighted by Crippen LogP contribution is 2.26. The largest absolute Gasteiger partial charge is 0.384 e. The lowest BCUT2D eigenvalue weighted by molar-refractivity contribution is 1.10. The SMILES string of the molecule is Nc1[nH]ncc1-c1ccc2cccnc2c1. The second-order valence-corrected chi connectivity index (χ2v) is 3.61. The number of hydrogen-bond donors (Lipinski definition) is 2. The standard InChI is InChI=1S/C12H10N4/c13-12-10(7-15-16-12)9-4-3-8-2-1-5-14-11(8)6-9/h1-7H,(H3,13,15,16). The molecule has 0 fully saturated rings. The first-order valence-corrected chi connectivity index (χ1v) is 4.98. The Morgan fingerprint density at radius 3 is 2.94 bits per heavy atom. The Morgan fingerprint density at radius 1 is 1.19 bits per heavy atom. The van der Waals surface area contributed by atoms with E-state index in [9.17, 15) is 0 Å². The fourth-order valence-electron chi connectivity index (χ4n) is 1.76. The second-order valence-electron chi connectivity index (χ2n) is 3.61. The fraction of sp³-hybridized carbons (Fsp3) is 0. The minimum Gasteiger partial charge on any atom is -0.384 e. The van der Waals surface area contributed by atoms with Gasteiger partial charge >= 0.3 is 0 Å². The molecule has 3 aromatic rings. The molecule has 0 aliphatic heterocycles. The quantitative estimate of drug-likeness (QED) is 0.647. The Hall–Kier alpha value is -2.36. The highest BCUT2D eigenvalue weighted by Gasteiger charge is 2.05. The summed E-state index contributed by atoms with van der Waals surface area (Å²) in [6.07, 6.45) is 3.50. The van der Waals surface area contributed by atoms with Gasteiger partial charge in [0, 0.05) is 17.1 Å². The molecule has 4 nitrogen and oxygen atoms in total. The van der Waals surface area contributed by atoms with E-state index in [0.717, 1.165) is 22.0 Å². The van der Waals surface area contributed by atoms with E-state index < -0.39 is 0 Å². The van der Waals surface area contributed by atoms with Gasteiger partial charge in [0.15, 0.2) is 0 Å². The third kappa shape index (κ3) is 1.32. The van der Waals surface area contributed by atoms with Crippen LogP contribution in [0.1, 0.15) is 0 Å². The molecule has 0 aliphatic carbocycles. The van der Waals surface area contributed by atoms with Crippen molar-refractivity contribution in [2.24, 2.45) is 0 Å². The molecule has 16 heavy (non-hydrogen) atoms. The van der Waals surface area contributed by atoms with Crippen LogP contribution >= 0.6 is 0 Å². The average molecular weight is 210 g/mol. The molecule has 0 unspecified atom stereocenters. The lowest BCUT2D eigenvalue weighted by Crippen LogP contribution is -1.88. The Kier molecular flexibility index (Phi) is 1.86. The van der Waals surface area contributed by atoms with Gasteiger partial charge in [-0.25, -0.2) is 0 Å². The maximum absolute atomic E-state index is 5.78. The van der Waals surface area contributed by atoms with Crippen LogP contribution in [0.4, 0.5) is 5.82 Å². The molecule has 0 aliphatic rings. The molecule has 3 N–H and O–H groups in total. The number of hydrogen-bond acceptors (Lipinski definition) is 3. The summed E-state index contributed by atoms with van der Waals surface area (Å²) in [5.74, 6) is 0.579. The summed E-state index contributed by atoms with van der Waals surface area (Å²) in [7, 11) is 0. The molecule has 0 atom stereocenters. The summed E-state index contributed by atoms with van der Waals surface area (Å²) in [4.78, 5) is 4.31. The zero-order chi connectivity index (χ0) is 11.0. The Balaban J connectivity index is 2.23. The molecule has 2 aromatic heterocycles. The number of nitrogen functional groups attached to an aromatic ring is 1. The summed E-state index contributed by atoms with van der Waals surface area (Å²) in [6, 6.07) is 10.0. The van der Waals surface area contributed by atoms with Crippen LogP contribution in [0, 0.1) is 0 Å². The van der Waals surface area contributed by atoms with Crippen molar-refractivity contribution in [3.05, 3.63) is 42.7 Å². The molecule has 0 spiro atoms. The van der Waals surface area contributed by atoms with Gasteiger partial charge in [-0.2, -0.15) is 5.10 Å². The number of anilines is 1. The van der Waals surface area contributed by atoms with Gasteiger partial charge in [-0.15, -0.1) is 0 Å². The smallest absolute Gasteiger partial charge is 0.126 e. The van der Waals surface area contributed by atoms with Crippen molar-refractivity contribution in [3.8, 4) is 11.1 Å². The van der Waals surface area contributed by atoms with E-state index in [4.69, 9.17) is 5.73 Å². The summed E-state index contributed by atoms with van der Waals surface area (Å²) in [5.41, 5.74) is 8.67. The lowest BCUT2D eigenvalue weighted by atomic mass is 10.1. The second kappa shape index (κ2) is 3.34. The maximum atomic E-state index is 5.78. The zero-order valence-electron chi connectivity index (χ0n) is 8.51. The third-order valence-corrected chi connectivity index (χ3v) is 2.59. The maximum Gasteiger partial charge on any atom is 0.126 e. The van der Waals surface area contributed by atoms with Crippen molar-refractivity contribution >= 4 is 16.7 Å². The molecule has 1 aromatic carbocycles. The van der Waals surface area contributed by atoms with E-state index in [1.54, 1.807) is 12.4 Å². The lowest BCUT2D eigenvalue weighted by Gasteiger charge is -2.01. The van der Waals surface area contributed by atoms with Gasteiger partial charge in [0.2, 0.25) is 0 Å². The van der Waals surface area contributed by atoms with Gasteiger partial charge in [-0.05, 0) is 17.7 Å². The van der Waals surface area contributed by atoms with Gasteiger partial charge in [0.1, 0.15) is 5.82 Å². The summed E-state index contributed by atoms with van der Waals surface area (Å²) >= 11 is 0. The van der Waals surface area contributed by atoms with Crippen molar-refractivity contribution in [1.82, 2.24) is 15.2 Å². The van der Waals surface area contributed by atoms with E-state index in [-0.39, 0.29) is 0 Å². The van der Waals surface area contributed by atoms with Crippen molar-refractivity contribution in [2.75, 3.05) is 5.73 Å². The van der Waals surface area contributed by atoms with Gasteiger partial charge in [0.05, 0.1) is 11.7 Å². The Bertz CT molecular complexity index is 642.